The molecule has 1 fully saturated rings. The zero-order chi connectivity index (χ0) is 22.4. The van der Waals surface area contributed by atoms with E-state index >= 15 is 0 Å². The minimum Gasteiger partial charge on any atom is -0.353 e. The summed E-state index contributed by atoms with van der Waals surface area (Å²) in [6.45, 7) is 11.6. The molecule has 0 radical (unpaired) electrons. The van der Waals surface area contributed by atoms with Gasteiger partial charge in [0.2, 0.25) is 0 Å². The molecular weight excluding hydrogens is 393 g/mol. The van der Waals surface area contributed by atoms with Gasteiger partial charge in [0.05, 0.1) is 0 Å². The first-order valence-electron chi connectivity index (χ1n) is 11.4. The summed E-state index contributed by atoms with van der Waals surface area (Å²) in [5.74, 6) is 1.78. The standard InChI is InChI=1S/C24H34FN5O/c1-5-17(4)22-27-21(6-2)19(16-18-10-8-9-11-20(18)25)23(28-22)29-12-14-30(15-13-29)24(31)26-7-3/h8-11,17H,5-7,12-16H2,1-4H3,(H,26,31). The summed E-state index contributed by atoms with van der Waals surface area (Å²) < 4.78 is 14.5. The topological polar surface area (TPSA) is 61.4 Å². The molecule has 0 saturated carbocycles. The number of rotatable bonds is 7. The number of hydrogen-bond acceptors (Lipinski definition) is 4. The lowest BCUT2D eigenvalue weighted by Gasteiger charge is -2.36. The first kappa shape index (κ1) is 23.0. The number of amides is 2. The summed E-state index contributed by atoms with van der Waals surface area (Å²) in [5, 5.41) is 2.87. The Kier molecular flexibility index (Phi) is 7.82. The molecule has 31 heavy (non-hydrogen) atoms. The van der Waals surface area contributed by atoms with Gasteiger partial charge in [0.1, 0.15) is 17.5 Å². The normalized spacial score (nSPS) is 15.1. The van der Waals surface area contributed by atoms with Crippen LogP contribution in [0.15, 0.2) is 24.3 Å². The lowest BCUT2D eigenvalue weighted by Crippen LogP contribution is -2.52. The molecular formula is C24H34FN5O. The molecule has 1 N–H and O–H groups in total. The molecule has 168 valence electrons. The third kappa shape index (κ3) is 5.32. The Labute approximate surface area is 184 Å². The van der Waals surface area contributed by atoms with Crippen LogP contribution in [0.3, 0.4) is 0 Å². The van der Waals surface area contributed by atoms with E-state index in [1.165, 1.54) is 6.07 Å². The molecule has 1 aliphatic rings. The first-order valence-corrected chi connectivity index (χ1v) is 11.4. The summed E-state index contributed by atoms with van der Waals surface area (Å²) in [6.07, 6.45) is 2.18. The highest BCUT2D eigenvalue weighted by Crippen LogP contribution is 2.29. The van der Waals surface area contributed by atoms with Crippen LogP contribution in [0.2, 0.25) is 0 Å². The van der Waals surface area contributed by atoms with Crippen LogP contribution in [0.4, 0.5) is 15.0 Å². The first-order chi connectivity index (χ1) is 15.0. The van der Waals surface area contributed by atoms with E-state index in [-0.39, 0.29) is 17.8 Å². The number of anilines is 1. The van der Waals surface area contributed by atoms with Crippen LogP contribution in [0.5, 0.6) is 0 Å². The zero-order valence-corrected chi connectivity index (χ0v) is 19.1. The largest absolute Gasteiger partial charge is 0.353 e. The zero-order valence-electron chi connectivity index (χ0n) is 19.1. The van der Waals surface area contributed by atoms with Crippen LogP contribution in [-0.2, 0) is 12.8 Å². The summed E-state index contributed by atoms with van der Waals surface area (Å²) in [4.78, 5) is 26.1. The maximum absolute atomic E-state index is 14.5. The van der Waals surface area contributed by atoms with Gasteiger partial charge in [-0.3, -0.25) is 0 Å². The van der Waals surface area contributed by atoms with E-state index in [1.807, 2.05) is 24.0 Å². The van der Waals surface area contributed by atoms with Crippen LogP contribution in [0.25, 0.3) is 0 Å². The number of halogens is 1. The molecule has 0 aliphatic carbocycles. The van der Waals surface area contributed by atoms with E-state index in [1.54, 1.807) is 6.07 Å². The lowest BCUT2D eigenvalue weighted by atomic mass is 10.00. The van der Waals surface area contributed by atoms with Crippen LogP contribution < -0.4 is 10.2 Å². The maximum atomic E-state index is 14.5. The van der Waals surface area contributed by atoms with Crippen LogP contribution in [-0.4, -0.2) is 53.6 Å². The number of carbonyl (C=O) groups excluding carboxylic acids is 1. The summed E-state index contributed by atoms with van der Waals surface area (Å²) >= 11 is 0. The van der Waals surface area contributed by atoms with Gasteiger partial charge in [0.25, 0.3) is 0 Å². The second-order valence-electron chi connectivity index (χ2n) is 8.07. The van der Waals surface area contributed by atoms with Crippen molar-refractivity contribution in [3.63, 3.8) is 0 Å². The third-order valence-corrected chi connectivity index (χ3v) is 6.00. The number of aryl methyl sites for hydroxylation is 1. The number of piperazine rings is 1. The molecule has 1 atom stereocenters. The molecule has 2 heterocycles. The van der Waals surface area contributed by atoms with Crippen molar-refractivity contribution in [2.24, 2.45) is 0 Å². The molecule has 0 spiro atoms. The van der Waals surface area contributed by atoms with Crippen molar-refractivity contribution in [3.8, 4) is 0 Å². The second kappa shape index (κ2) is 10.6. The second-order valence-corrected chi connectivity index (χ2v) is 8.07. The minimum atomic E-state index is -0.206. The number of hydrogen-bond donors (Lipinski definition) is 1. The summed E-state index contributed by atoms with van der Waals surface area (Å²) in [7, 11) is 0. The predicted molar refractivity (Wildman–Crippen MR) is 122 cm³/mol. The van der Waals surface area contributed by atoms with E-state index in [9.17, 15) is 9.18 Å². The lowest BCUT2D eigenvalue weighted by molar-refractivity contribution is 0.195. The van der Waals surface area contributed by atoms with Gasteiger partial charge >= 0.3 is 6.03 Å². The van der Waals surface area contributed by atoms with Gasteiger partial charge in [0, 0.05) is 56.3 Å². The minimum absolute atomic E-state index is 0.0223. The molecule has 1 aromatic carbocycles. The van der Waals surface area contributed by atoms with Gasteiger partial charge in [-0.15, -0.1) is 0 Å². The van der Waals surface area contributed by atoms with Gasteiger partial charge in [-0.2, -0.15) is 0 Å². The Morgan fingerprint density at radius 1 is 1.13 bits per heavy atom. The van der Waals surface area contributed by atoms with Crippen molar-refractivity contribution < 1.29 is 9.18 Å². The van der Waals surface area contributed by atoms with E-state index < -0.39 is 0 Å². The van der Waals surface area contributed by atoms with E-state index in [0.717, 1.165) is 35.7 Å². The molecule has 1 saturated heterocycles. The summed E-state index contributed by atoms with van der Waals surface area (Å²) in [6, 6.07) is 6.88. The molecule has 6 nitrogen and oxygen atoms in total. The number of benzene rings is 1. The number of urea groups is 1. The average Bonchev–Trinajstić information content (AvgIpc) is 2.80. The van der Waals surface area contributed by atoms with Crippen LogP contribution >= 0.6 is 0 Å². The average molecular weight is 428 g/mol. The van der Waals surface area contributed by atoms with Gasteiger partial charge < -0.3 is 15.1 Å². The Balaban J connectivity index is 1.96. The molecule has 7 heteroatoms. The monoisotopic (exact) mass is 427 g/mol. The highest BCUT2D eigenvalue weighted by Gasteiger charge is 2.26. The Bertz CT molecular complexity index is 896. The SMILES string of the molecule is CCNC(=O)N1CCN(c2nc(C(C)CC)nc(CC)c2Cc2ccccc2F)CC1. The molecule has 1 unspecified atom stereocenters. The van der Waals surface area contributed by atoms with Crippen LogP contribution in [0.1, 0.15) is 62.7 Å². The van der Waals surface area contributed by atoms with E-state index in [0.29, 0.717) is 44.7 Å². The smallest absolute Gasteiger partial charge is 0.317 e. The fourth-order valence-electron chi connectivity index (χ4n) is 3.89. The van der Waals surface area contributed by atoms with Crippen molar-refractivity contribution in [3.05, 3.63) is 52.7 Å². The fraction of sp³-hybridized carbons (Fsp3) is 0.542. The molecule has 2 amide bonds. The highest BCUT2D eigenvalue weighted by molar-refractivity contribution is 5.74. The van der Waals surface area contributed by atoms with Crippen molar-refractivity contribution in [1.82, 2.24) is 20.2 Å². The van der Waals surface area contributed by atoms with Crippen molar-refractivity contribution in [2.45, 2.75) is 52.9 Å². The fourth-order valence-corrected chi connectivity index (χ4v) is 3.89. The Hall–Kier alpha value is -2.70. The van der Waals surface area contributed by atoms with E-state index in [2.05, 4.69) is 31.0 Å². The summed E-state index contributed by atoms with van der Waals surface area (Å²) in [5.41, 5.74) is 2.63. The number of carbonyl (C=O) groups is 1. The van der Waals surface area contributed by atoms with Crippen molar-refractivity contribution >= 4 is 11.8 Å². The van der Waals surface area contributed by atoms with Gasteiger partial charge in [-0.05, 0) is 31.4 Å². The molecule has 0 bridgehead atoms. The number of aromatic nitrogens is 2. The van der Waals surface area contributed by atoms with Crippen LogP contribution in [0, 0.1) is 5.82 Å². The Morgan fingerprint density at radius 3 is 2.45 bits per heavy atom. The molecule has 3 rings (SSSR count). The van der Waals surface area contributed by atoms with Crippen molar-refractivity contribution in [1.29, 1.82) is 0 Å². The predicted octanol–water partition coefficient (Wildman–Crippen LogP) is 4.13. The van der Waals surface area contributed by atoms with Gasteiger partial charge in [-0.1, -0.05) is 39.0 Å². The highest BCUT2D eigenvalue weighted by atomic mass is 19.1. The maximum Gasteiger partial charge on any atom is 0.317 e. The van der Waals surface area contributed by atoms with Crippen molar-refractivity contribution in [2.75, 3.05) is 37.6 Å². The van der Waals surface area contributed by atoms with Gasteiger partial charge in [-0.25, -0.2) is 19.2 Å². The Morgan fingerprint density at radius 2 is 1.84 bits per heavy atom. The molecule has 1 aromatic heterocycles. The molecule has 1 aliphatic heterocycles. The quantitative estimate of drug-likeness (QED) is 0.722. The molecule has 2 aromatic rings. The number of nitrogens with zero attached hydrogens (tertiary/aromatic N) is 4. The van der Waals surface area contributed by atoms with Gasteiger partial charge in [0.15, 0.2) is 0 Å². The van der Waals surface area contributed by atoms with E-state index in [4.69, 9.17) is 9.97 Å². The number of nitrogens with one attached hydrogen (secondary N) is 1. The third-order valence-electron chi connectivity index (χ3n) is 6.00.